The number of hydrogen-bond donors (Lipinski definition) is 2. The van der Waals surface area contributed by atoms with Gasteiger partial charge in [0.15, 0.2) is 0 Å². The Labute approximate surface area is 115 Å². The first-order chi connectivity index (χ1) is 8.36. The van der Waals surface area contributed by atoms with E-state index < -0.39 is 5.60 Å². The molecule has 2 nitrogen and oxygen atoms in total. The minimum atomic E-state index is -0.610. The van der Waals surface area contributed by atoms with Crippen molar-refractivity contribution in [2.24, 2.45) is 5.92 Å². The van der Waals surface area contributed by atoms with Gasteiger partial charge in [0.1, 0.15) is 0 Å². The zero-order valence-electron chi connectivity index (χ0n) is 12.0. The Balaban J connectivity index is 2.59. The monoisotopic (exact) mass is 267 g/mol. The summed E-state index contributed by atoms with van der Waals surface area (Å²) in [5.41, 5.74) is 0.680. The standard InChI is InChI=1S/C15H25NOS/c1-11(2)15(4,17)10-18-14-8-6-13(7-9-14)12(3)16-5/h6-9,11-12,16-17H,10H2,1-5H3. The molecule has 2 atom stereocenters. The molecule has 2 unspecified atom stereocenters. The van der Waals surface area contributed by atoms with Gasteiger partial charge in [0, 0.05) is 16.7 Å². The molecule has 0 aliphatic heterocycles. The lowest BCUT2D eigenvalue weighted by molar-refractivity contribution is 0.0376. The van der Waals surface area contributed by atoms with E-state index in [-0.39, 0.29) is 5.92 Å². The summed E-state index contributed by atoms with van der Waals surface area (Å²) >= 11 is 1.71. The van der Waals surface area contributed by atoms with Crippen LogP contribution in [0.1, 0.15) is 39.3 Å². The molecule has 18 heavy (non-hydrogen) atoms. The lowest BCUT2D eigenvalue weighted by atomic mass is 9.95. The molecule has 0 aliphatic carbocycles. The molecule has 0 fully saturated rings. The van der Waals surface area contributed by atoms with Crippen molar-refractivity contribution in [1.29, 1.82) is 0 Å². The molecule has 0 aromatic heterocycles. The van der Waals surface area contributed by atoms with Crippen LogP contribution in [0.2, 0.25) is 0 Å². The summed E-state index contributed by atoms with van der Waals surface area (Å²) in [6.45, 7) is 8.16. The van der Waals surface area contributed by atoms with E-state index in [1.165, 1.54) is 10.5 Å². The zero-order valence-corrected chi connectivity index (χ0v) is 12.8. The van der Waals surface area contributed by atoms with Crippen molar-refractivity contribution in [2.75, 3.05) is 12.8 Å². The van der Waals surface area contributed by atoms with Gasteiger partial charge in [-0.1, -0.05) is 26.0 Å². The van der Waals surface area contributed by atoms with Crippen LogP contribution in [-0.4, -0.2) is 23.5 Å². The third-order valence-electron chi connectivity index (χ3n) is 3.59. The van der Waals surface area contributed by atoms with E-state index in [1.54, 1.807) is 11.8 Å². The average Bonchev–Trinajstić information content (AvgIpc) is 2.36. The van der Waals surface area contributed by atoms with Gasteiger partial charge in [0.05, 0.1) is 5.60 Å². The fraction of sp³-hybridized carbons (Fsp3) is 0.600. The second-order valence-corrected chi connectivity index (χ2v) is 6.43. The molecule has 0 saturated heterocycles. The van der Waals surface area contributed by atoms with Crippen molar-refractivity contribution in [1.82, 2.24) is 5.32 Å². The van der Waals surface area contributed by atoms with Gasteiger partial charge in [-0.25, -0.2) is 0 Å². The maximum absolute atomic E-state index is 10.2. The summed E-state index contributed by atoms with van der Waals surface area (Å²) in [7, 11) is 1.97. The second kappa shape index (κ2) is 6.60. The molecule has 0 radical (unpaired) electrons. The Morgan fingerprint density at radius 1 is 1.22 bits per heavy atom. The van der Waals surface area contributed by atoms with Gasteiger partial charge in [-0.15, -0.1) is 11.8 Å². The molecule has 0 bridgehead atoms. The van der Waals surface area contributed by atoms with E-state index >= 15 is 0 Å². The molecule has 0 amide bonds. The van der Waals surface area contributed by atoms with E-state index in [2.05, 4.69) is 50.4 Å². The summed E-state index contributed by atoms with van der Waals surface area (Å²) in [5.74, 6) is 1.000. The zero-order chi connectivity index (χ0) is 13.8. The normalized spacial score (nSPS) is 16.6. The first kappa shape index (κ1) is 15.5. The van der Waals surface area contributed by atoms with Crippen LogP contribution in [0.4, 0.5) is 0 Å². The van der Waals surface area contributed by atoms with E-state index in [0.717, 1.165) is 5.75 Å². The molecular weight excluding hydrogens is 242 g/mol. The van der Waals surface area contributed by atoms with Crippen LogP contribution in [0, 0.1) is 5.92 Å². The van der Waals surface area contributed by atoms with Crippen LogP contribution in [-0.2, 0) is 0 Å². The van der Waals surface area contributed by atoms with Crippen LogP contribution in [0.25, 0.3) is 0 Å². The Bertz CT molecular complexity index is 359. The van der Waals surface area contributed by atoms with Crippen LogP contribution in [0.15, 0.2) is 29.2 Å². The molecule has 0 heterocycles. The summed E-state index contributed by atoms with van der Waals surface area (Å²) in [4.78, 5) is 1.21. The Hall–Kier alpha value is -0.510. The SMILES string of the molecule is CNC(C)c1ccc(SCC(C)(O)C(C)C)cc1. The summed E-state index contributed by atoms with van der Waals surface area (Å²) in [6.07, 6.45) is 0. The topological polar surface area (TPSA) is 32.3 Å². The molecule has 102 valence electrons. The summed E-state index contributed by atoms with van der Waals surface area (Å²) in [5, 5.41) is 13.4. The van der Waals surface area contributed by atoms with Crippen molar-refractivity contribution in [3.05, 3.63) is 29.8 Å². The number of aliphatic hydroxyl groups is 1. The molecule has 2 N–H and O–H groups in total. The Kier molecular flexibility index (Phi) is 5.70. The van der Waals surface area contributed by atoms with Crippen LogP contribution >= 0.6 is 11.8 Å². The highest BCUT2D eigenvalue weighted by Gasteiger charge is 2.24. The number of nitrogens with one attached hydrogen (secondary N) is 1. The van der Waals surface area contributed by atoms with Crippen molar-refractivity contribution in [2.45, 2.75) is 44.2 Å². The number of hydrogen-bond acceptors (Lipinski definition) is 3. The van der Waals surface area contributed by atoms with Gasteiger partial charge >= 0.3 is 0 Å². The van der Waals surface area contributed by atoms with Gasteiger partial charge in [0.2, 0.25) is 0 Å². The predicted molar refractivity (Wildman–Crippen MR) is 80.1 cm³/mol. The largest absolute Gasteiger partial charge is 0.389 e. The van der Waals surface area contributed by atoms with Crippen LogP contribution < -0.4 is 5.32 Å². The average molecular weight is 267 g/mol. The smallest absolute Gasteiger partial charge is 0.0736 e. The fourth-order valence-electron chi connectivity index (χ4n) is 1.42. The highest BCUT2D eigenvalue weighted by atomic mass is 32.2. The molecular formula is C15H25NOS. The van der Waals surface area contributed by atoms with Gasteiger partial charge in [0.25, 0.3) is 0 Å². The van der Waals surface area contributed by atoms with E-state index in [9.17, 15) is 5.11 Å². The predicted octanol–water partition coefficient (Wildman–Crippen LogP) is 3.47. The summed E-state index contributed by atoms with van der Waals surface area (Å²) < 4.78 is 0. The number of thioether (sulfide) groups is 1. The molecule has 3 heteroatoms. The van der Waals surface area contributed by atoms with Crippen LogP contribution in [0.3, 0.4) is 0 Å². The molecule has 1 rings (SSSR count). The summed E-state index contributed by atoms with van der Waals surface area (Å²) in [6, 6.07) is 8.93. The van der Waals surface area contributed by atoms with E-state index in [1.807, 2.05) is 14.0 Å². The second-order valence-electron chi connectivity index (χ2n) is 5.38. The molecule has 0 spiro atoms. The van der Waals surface area contributed by atoms with Crippen molar-refractivity contribution < 1.29 is 5.11 Å². The van der Waals surface area contributed by atoms with Crippen molar-refractivity contribution in [3.63, 3.8) is 0 Å². The highest BCUT2D eigenvalue weighted by molar-refractivity contribution is 7.99. The van der Waals surface area contributed by atoms with Gasteiger partial charge < -0.3 is 10.4 Å². The van der Waals surface area contributed by atoms with Gasteiger partial charge in [-0.3, -0.25) is 0 Å². The van der Waals surface area contributed by atoms with E-state index in [0.29, 0.717) is 6.04 Å². The third-order valence-corrected chi connectivity index (χ3v) is 4.92. The van der Waals surface area contributed by atoms with Crippen molar-refractivity contribution in [3.8, 4) is 0 Å². The lowest BCUT2D eigenvalue weighted by Crippen LogP contribution is -2.33. The molecule has 1 aromatic rings. The van der Waals surface area contributed by atoms with Crippen LogP contribution in [0.5, 0.6) is 0 Å². The van der Waals surface area contributed by atoms with Gasteiger partial charge in [-0.05, 0) is 44.5 Å². The Morgan fingerprint density at radius 3 is 2.22 bits per heavy atom. The van der Waals surface area contributed by atoms with Gasteiger partial charge in [-0.2, -0.15) is 0 Å². The minimum Gasteiger partial charge on any atom is -0.389 e. The first-order valence-electron chi connectivity index (χ1n) is 6.49. The maximum Gasteiger partial charge on any atom is 0.0736 e. The third kappa shape index (κ3) is 4.30. The highest BCUT2D eigenvalue weighted by Crippen LogP contribution is 2.27. The van der Waals surface area contributed by atoms with E-state index in [4.69, 9.17) is 0 Å². The Morgan fingerprint density at radius 2 is 1.78 bits per heavy atom. The maximum atomic E-state index is 10.2. The first-order valence-corrected chi connectivity index (χ1v) is 7.48. The number of rotatable bonds is 6. The number of benzene rings is 1. The molecule has 0 aliphatic rings. The fourth-order valence-corrected chi connectivity index (χ4v) is 2.54. The minimum absolute atomic E-state index is 0.272. The molecule has 1 aromatic carbocycles. The lowest BCUT2D eigenvalue weighted by Gasteiger charge is -2.27. The van der Waals surface area contributed by atoms with Crippen molar-refractivity contribution >= 4 is 11.8 Å². The molecule has 0 saturated carbocycles. The quantitative estimate of drug-likeness (QED) is 0.774.